The number of para-hydroxylation sites is 1. The van der Waals surface area contributed by atoms with E-state index in [4.69, 9.17) is 14.4 Å². The lowest BCUT2D eigenvalue weighted by molar-refractivity contribution is 0.587. The van der Waals surface area contributed by atoms with Gasteiger partial charge >= 0.3 is 0 Å². The lowest BCUT2D eigenvalue weighted by atomic mass is 9.80. The summed E-state index contributed by atoms with van der Waals surface area (Å²) in [7, 11) is 0. The van der Waals surface area contributed by atoms with Gasteiger partial charge in [0.25, 0.3) is 0 Å². The Hall–Kier alpha value is -3.50. The topological polar surface area (TPSA) is 38.9 Å². The standard InChI is InChI=1S/C34H34N2OS/c1-19-11-9-12-20(2)30(19)24-15-26(35-18-25(24)33(3,4)5)22-14-10-13-21-23-16-29-27(17-28(23)37-31(21)22)36-32(38-29)34(6,7)8/h9-18H,1-8H3. The molecule has 0 amide bonds. The molecular formula is C34H34N2OS. The summed E-state index contributed by atoms with van der Waals surface area (Å²) >= 11 is 1.77. The number of nitrogens with zero attached hydrogens (tertiary/aromatic N) is 2. The van der Waals surface area contributed by atoms with Gasteiger partial charge in [-0.3, -0.25) is 4.98 Å². The van der Waals surface area contributed by atoms with Crippen molar-refractivity contribution in [1.29, 1.82) is 0 Å². The highest BCUT2D eigenvalue weighted by Gasteiger charge is 2.24. The third-order valence-corrected chi connectivity index (χ3v) is 8.83. The minimum atomic E-state index is -0.0361. The van der Waals surface area contributed by atoms with Gasteiger partial charge in [0.2, 0.25) is 0 Å². The number of hydrogen-bond donors (Lipinski definition) is 0. The number of fused-ring (bicyclic) bond motifs is 4. The Morgan fingerprint density at radius 3 is 2.16 bits per heavy atom. The van der Waals surface area contributed by atoms with Gasteiger partial charge in [0.1, 0.15) is 11.2 Å². The number of aromatic nitrogens is 2. The van der Waals surface area contributed by atoms with E-state index >= 15 is 0 Å². The highest BCUT2D eigenvalue weighted by molar-refractivity contribution is 7.18. The molecule has 0 fully saturated rings. The summed E-state index contributed by atoms with van der Waals surface area (Å²) < 4.78 is 7.75. The van der Waals surface area contributed by atoms with Crippen LogP contribution in [0.2, 0.25) is 0 Å². The summed E-state index contributed by atoms with van der Waals surface area (Å²) in [6, 6.07) is 19.5. The smallest absolute Gasteiger partial charge is 0.144 e. The highest BCUT2D eigenvalue weighted by atomic mass is 32.1. The van der Waals surface area contributed by atoms with Gasteiger partial charge in [-0.15, -0.1) is 11.3 Å². The van der Waals surface area contributed by atoms with Crippen molar-refractivity contribution in [1.82, 2.24) is 9.97 Å². The number of pyridine rings is 1. The van der Waals surface area contributed by atoms with Crippen LogP contribution in [0.5, 0.6) is 0 Å². The average molecular weight is 519 g/mol. The molecule has 6 rings (SSSR count). The first-order valence-corrected chi connectivity index (χ1v) is 14.1. The number of rotatable bonds is 2. The second-order valence-corrected chi connectivity index (χ2v) is 13.5. The molecule has 3 aromatic carbocycles. The number of hydrogen-bond acceptors (Lipinski definition) is 4. The molecule has 6 aromatic rings. The lowest BCUT2D eigenvalue weighted by Gasteiger charge is -2.25. The van der Waals surface area contributed by atoms with E-state index in [1.54, 1.807) is 11.3 Å². The average Bonchev–Trinajstić information content (AvgIpc) is 3.42. The van der Waals surface area contributed by atoms with Crippen LogP contribution in [0.25, 0.3) is 54.5 Å². The van der Waals surface area contributed by atoms with Crippen molar-refractivity contribution in [3.8, 4) is 22.4 Å². The molecule has 3 aromatic heterocycles. The normalized spacial score (nSPS) is 12.7. The maximum absolute atomic E-state index is 6.56. The summed E-state index contributed by atoms with van der Waals surface area (Å²) in [5.41, 5.74) is 11.0. The zero-order valence-corrected chi connectivity index (χ0v) is 24.3. The van der Waals surface area contributed by atoms with E-state index < -0.39 is 0 Å². The third kappa shape index (κ3) is 4.03. The molecule has 0 N–H and O–H groups in total. The van der Waals surface area contributed by atoms with Crippen LogP contribution >= 0.6 is 11.3 Å². The van der Waals surface area contributed by atoms with Crippen molar-refractivity contribution in [3.63, 3.8) is 0 Å². The van der Waals surface area contributed by atoms with Crippen LogP contribution in [0.4, 0.5) is 0 Å². The van der Waals surface area contributed by atoms with Crippen LogP contribution in [-0.2, 0) is 10.8 Å². The van der Waals surface area contributed by atoms with Crippen LogP contribution < -0.4 is 0 Å². The summed E-state index contributed by atoms with van der Waals surface area (Å²) in [6.45, 7) is 17.8. The van der Waals surface area contributed by atoms with Gasteiger partial charge in [0, 0.05) is 34.0 Å². The van der Waals surface area contributed by atoms with Crippen LogP contribution in [0, 0.1) is 13.8 Å². The van der Waals surface area contributed by atoms with Crippen molar-refractivity contribution < 1.29 is 4.42 Å². The molecule has 0 radical (unpaired) electrons. The fourth-order valence-electron chi connectivity index (χ4n) is 5.39. The Bertz CT molecular complexity index is 1840. The van der Waals surface area contributed by atoms with Crippen molar-refractivity contribution in [2.75, 3.05) is 0 Å². The summed E-state index contributed by atoms with van der Waals surface area (Å²) in [5.74, 6) is 0. The van der Waals surface area contributed by atoms with Crippen molar-refractivity contribution in [2.24, 2.45) is 0 Å². The van der Waals surface area contributed by atoms with Crippen LogP contribution in [-0.4, -0.2) is 9.97 Å². The molecule has 0 saturated heterocycles. The van der Waals surface area contributed by atoms with Gasteiger partial charge < -0.3 is 4.42 Å². The summed E-state index contributed by atoms with van der Waals surface area (Å²) in [5, 5.41) is 3.38. The quantitative estimate of drug-likeness (QED) is 0.229. The number of furan rings is 1. The largest absolute Gasteiger partial charge is 0.455 e. The van der Waals surface area contributed by atoms with Crippen LogP contribution in [0.3, 0.4) is 0 Å². The SMILES string of the molecule is Cc1cccc(C)c1-c1cc(-c2cccc3c2oc2cc4nc(C(C)(C)C)sc4cc23)ncc1C(C)(C)C. The molecule has 192 valence electrons. The minimum Gasteiger partial charge on any atom is -0.455 e. The van der Waals surface area contributed by atoms with Gasteiger partial charge in [0.05, 0.1) is 20.9 Å². The Kier molecular flexibility index (Phi) is 5.55. The maximum atomic E-state index is 6.56. The van der Waals surface area contributed by atoms with E-state index in [9.17, 15) is 0 Å². The molecule has 0 aliphatic heterocycles. The Balaban J connectivity index is 1.58. The molecule has 0 aliphatic rings. The molecule has 0 spiro atoms. The molecule has 3 nitrogen and oxygen atoms in total. The van der Waals surface area contributed by atoms with E-state index in [0.29, 0.717) is 0 Å². The van der Waals surface area contributed by atoms with Crippen molar-refractivity contribution >= 4 is 43.5 Å². The van der Waals surface area contributed by atoms with Gasteiger partial charge in [-0.25, -0.2) is 4.98 Å². The predicted octanol–water partition coefficient (Wildman–Crippen LogP) is 10.1. The van der Waals surface area contributed by atoms with E-state index in [1.165, 1.54) is 32.5 Å². The van der Waals surface area contributed by atoms with E-state index in [-0.39, 0.29) is 10.8 Å². The number of benzene rings is 3. The monoisotopic (exact) mass is 518 g/mol. The number of aryl methyl sites for hydroxylation is 2. The molecule has 0 saturated carbocycles. The third-order valence-electron chi connectivity index (χ3n) is 7.39. The van der Waals surface area contributed by atoms with Crippen molar-refractivity contribution in [2.45, 2.75) is 66.2 Å². The molecule has 38 heavy (non-hydrogen) atoms. The second-order valence-electron chi connectivity index (χ2n) is 12.5. The first-order valence-electron chi connectivity index (χ1n) is 13.3. The molecule has 0 unspecified atom stereocenters. The molecule has 0 bridgehead atoms. The predicted molar refractivity (Wildman–Crippen MR) is 162 cm³/mol. The minimum absolute atomic E-state index is 0.0259. The van der Waals surface area contributed by atoms with E-state index in [2.05, 4.69) is 116 Å². The van der Waals surface area contributed by atoms with E-state index in [0.717, 1.165) is 43.7 Å². The van der Waals surface area contributed by atoms with Gasteiger partial charge in [-0.05, 0) is 65.3 Å². The maximum Gasteiger partial charge on any atom is 0.144 e. The Morgan fingerprint density at radius 1 is 0.763 bits per heavy atom. The fraction of sp³-hybridized carbons (Fsp3) is 0.294. The van der Waals surface area contributed by atoms with Gasteiger partial charge in [-0.2, -0.15) is 0 Å². The fourth-order valence-corrected chi connectivity index (χ4v) is 6.43. The first kappa shape index (κ1) is 24.8. The second kappa shape index (κ2) is 8.51. The number of thiazole rings is 1. The Labute approximate surface area is 228 Å². The molecule has 3 heterocycles. The summed E-state index contributed by atoms with van der Waals surface area (Å²) in [6.07, 6.45) is 2.06. The van der Waals surface area contributed by atoms with Gasteiger partial charge in [-0.1, -0.05) is 71.9 Å². The zero-order valence-electron chi connectivity index (χ0n) is 23.5. The zero-order chi connectivity index (χ0) is 27.0. The molecular weight excluding hydrogens is 484 g/mol. The first-order chi connectivity index (χ1) is 17.9. The van der Waals surface area contributed by atoms with Gasteiger partial charge in [0.15, 0.2) is 0 Å². The summed E-state index contributed by atoms with van der Waals surface area (Å²) in [4.78, 5) is 9.92. The van der Waals surface area contributed by atoms with Crippen LogP contribution in [0.15, 0.2) is 65.2 Å². The molecule has 0 aliphatic carbocycles. The highest BCUT2D eigenvalue weighted by Crippen LogP contribution is 2.42. The van der Waals surface area contributed by atoms with Crippen molar-refractivity contribution in [3.05, 3.63) is 82.5 Å². The Morgan fingerprint density at radius 2 is 1.47 bits per heavy atom. The van der Waals surface area contributed by atoms with E-state index in [1.807, 2.05) is 0 Å². The molecule has 0 atom stereocenters. The van der Waals surface area contributed by atoms with Crippen LogP contribution in [0.1, 0.15) is 63.2 Å². The molecule has 4 heteroatoms. The lowest BCUT2D eigenvalue weighted by Crippen LogP contribution is -2.14.